The first-order valence-electron chi connectivity index (χ1n) is 8.67. The summed E-state index contributed by atoms with van der Waals surface area (Å²) >= 11 is 1.37. The SMILES string of the molecule is C=CCn1c(SCC(=O)Nc2ccc(C)cc2)nnc1-c1cccc(C)c1. The minimum absolute atomic E-state index is 0.0749. The second-order valence-corrected chi connectivity index (χ2v) is 7.22. The fourth-order valence-electron chi connectivity index (χ4n) is 2.65. The van der Waals surface area contributed by atoms with Crippen molar-refractivity contribution in [2.24, 2.45) is 0 Å². The van der Waals surface area contributed by atoms with E-state index in [1.807, 2.05) is 60.9 Å². The Morgan fingerprint density at radius 2 is 1.93 bits per heavy atom. The largest absolute Gasteiger partial charge is 0.325 e. The van der Waals surface area contributed by atoms with Gasteiger partial charge in [-0.05, 0) is 32.0 Å². The monoisotopic (exact) mass is 378 g/mol. The predicted molar refractivity (Wildman–Crippen MR) is 111 cm³/mol. The summed E-state index contributed by atoms with van der Waals surface area (Å²) in [4.78, 5) is 12.3. The first-order valence-corrected chi connectivity index (χ1v) is 9.66. The molecule has 2 aromatic carbocycles. The molecule has 0 fully saturated rings. The second kappa shape index (κ2) is 8.68. The van der Waals surface area contributed by atoms with Gasteiger partial charge in [0.2, 0.25) is 5.91 Å². The molecule has 0 atom stereocenters. The first-order chi connectivity index (χ1) is 13.1. The summed E-state index contributed by atoms with van der Waals surface area (Å²) in [6.07, 6.45) is 1.80. The van der Waals surface area contributed by atoms with Gasteiger partial charge in [0.25, 0.3) is 0 Å². The second-order valence-electron chi connectivity index (χ2n) is 6.28. The molecule has 1 amide bonds. The fraction of sp³-hybridized carbons (Fsp3) is 0.190. The number of thioether (sulfide) groups is 1. The van der Waals surface area contributed by atoms with E-state index in [0.29, 0.717) is 11.7 Å². The third-order valence-corrected chi connectivity index (χ3v) is 4.94. The number of nitrogens with zero attached hydrogens (tertiary/aromatic N) is 3. The molecule has 0 saturated heterocycles. The van der Waals surface area contributed by atoms with Crippen LogP contribution in [-0.4, -0.2) is 26.4 Å². The highest BCUT2D eigenvalue weighted by molar-refractivity contribution is 7.99. The molecular weight excluding hydrogens is 356 g/mol. The van der Waals surface area contributed by atoms with Crippen LogP contribution in [0.25, 0.3) is 11.4 Å². The van der Waals surface area contributed by atoms with Crippen LogP contribution in [-0.2, 0) is 11.3 Å². The zero-order valence-electron chi connectivity index (χ0n) is 15.5. The maximum atomic E-state index is 12.3. The van der Waals surface area contributed by atoms with Crippen LogP contribution in [0, 0.1) is 13.8 Å². The number of aromatic nitrogens is 3. The number of carbonyl (C=O) groups excluding carboxylic acids is 1. The van der Waals surface area contributed by atoms with Crippen molar-refractivity contribution in [2.75, 3.05) is 11.1 Å². The molecular formula is C21H22N4OS. The van der Waals surface area contributed by atoms with Gasteiger partial charge in [-0.2, -0.15) is 0 Å². The average molecular weight is 379 g/mol. The van der Waals surface area contributed by atoms with Crippen LogP contribution in [0.1, 0.15) is 11.1 Å². The zero-order valence-corrected chi connectivity index (χ0v) is 16.3. The van der Waals surface area contributed by atoms with Crippen LogP contribution in [0.15, 0.2) is 66.3 Å². The van der Waals surface area contributed by atoms with E-state index in [-0.39, 0.29) is 11.7 Å². The molecule has 0 radical (unpaired) electrons. The van der Waals surface area contributed by atoms with Crippen LogP contribution in [0.2, 0.25) is 0 Å². The van der Waals surface area contributed by atoms with Gasteiger partial charge >= 0.3 is 0 Å². The van der Waals surface area contributed by atoms with Gasteiger partial charge in [-0.1, -0.05) is 59.3 Å². The van der Waals surface area contributed by atoms with Gasteiger partial charge in [0.15, 0.2) is 11.0 Å². The number of nitrogens with one attached hydrogen (secondary N) is 1. The van der Waals surface area contributed by atoms with E-state index in [1.165, 1.54) is 11.8 Å². The van der Waals surface area contributed by atoms with E-state index in [4.69, 9.17) is 0 Å². The molecule has 3 aromatic rings. The van der Waals surface area contributed by atoms with Crippen LogP contribution >= 0.6 is 11.8 Å². The number of carbonyl (C=O) groups is 1. The molecule has 1 aromatic heterocycles. The van der Waals surface area contributed by atoms with E-state index >= 15 is 0 Å². The molecule has 0 saturated carbocycles. The van der Waals surface area contributed by atoms with Crippen molar-refractivity contribution in [1.29, 1.82) is 0 Å². The molecule has 0 spiro atoms. The van der Waals surface area contributed by atoms with Crippen molar-refractivity contribution < 1.29 is 4.79 Å². The predicted octanol–water partition coefficient (Wildman–Crippen LogP) is 4.48. The molecule has 0 aliphatic heterocycles. The molecule has 1 heterocycles. The molecule has 27 heavy (non-hydrogen) atoms. The third-order valence-electron chi connectivity index (χ3n) is 3.97. The van der Waals surface area contributed by atoms with Crippen LogP contribution in [0.5, 0.6) is 0 Å². The van der Waals surface area contributed by atoms with Gasteiger partial charge in [0.1, 0.15) is 0 Å². The number of rotatable bonds is 7. The lowest BCUT2D eigenvalue weighted by atomic mass is 10.1. The third kappa shape index (κ3) is 4.86. The molecule has 6 heteroatoms. The molecule has 0 unspecified atom stereocenters. The van der Waals surface area contributed by atoms with Crippen molar-refractivity contribution in [2.45, 2.75) is 25.5 Å². The van der Waals surface area contributed by atoms with E-state index in [2.05, 4.69) is 28.2 Å². The van der Waals surface area contributed by atoms with Crippen molar-refractivity contribution in [3.8, 4) is 11.4 Å². The lowest BCUT2D eigenvalue weighted by Crippen LogP contribution is -2.14. The van der Waals surface area contributed by atoms with E-state index in [0.717, 1.165) is 28.2 Å². The number of aryl methyl sites for hydroxylation is 2. The Bertz CT molecular complexity index is 947. The quantitative estimate of drug-likeness (QED) is 0.486. The van der Waals surface area contributed by atoms with Crippen molar-refractivity contribution in [3.63, 3.8) is 0 Å². The van der Waals surface area contributed by atoms with E-state index in [9.17, 15) is 4.79 Å². The molecule has 0 aliphatic rings. The number of allylic oxidation sites excluding steroid dienone is 1. The van der Waals surface area contributed by atoms with Crippen LogP contribution in [0.4, 0.5) is 5.69 Å². The molecule has 0 aliphatic carbocycles. The van der Waals surface area contributed by atoms with Crippen molar-refractivity contribution in [3.05, 3.63) is 72.3 Å². The maximum Gasteiger partial charge on any atom is 0.234 e. The lowest BCUT2D eigenvalue weighted by molar-refractivity contribution is -0.113. The van der Waals surface area contributed by atoms with Crippen LogP contribution < -0.4 is 5.32 Å². The average Bonchev–Trinajstić information content (AvgIpc) is 3.05. The Kier molecular flexibility index (Phi) is 6.08. The summed E-state index contributed by atoms with van der Waals surface area (Å²) in [5, 5.41) is 12.2. The summed E-state index contributed by atoms with van der Waals surface area (Å²) in [5.41, 5.74) is 4.11. The summed E-state index contributed by atoms with van der Waals surface area (Å²) in [5.74, 6) is 0.964. The Morgan fingerprint density at radius 1 is 1.15 bits per heavy atom. The Morgan fingerprint density at radius 3 is 2.63 bits per heavy atom. The minimum Gasteiger partial charge on any atom is -0.325 e. The molecule has 1 N–H and O–H groups in total. The maximum absolute atomic E-state index is 12.3. The summed E-state index contributed by atoms with van der Waals surface area (Å²) in [6.45, 7) is 8.46. The molecule has 5 nitrogen and oxygen atoms in total. The minimum atomic E-state index is -0.0749. The Hall–Kier alpha value is -2.86. The summed E-state index contributed by atoms with van der Waals surface area (Å²) < 4.78 is 1.98. The van der Waals surface area contributed by atoms with Gasteiger partial charge in [0, 0.05) is 17.8 Å². The normalized spacial score (nSPS) is 10.6. The number of benzene rings is 2. The number of anilines is 1. The highest BCUT2D eigenvalue weighted by Gasteiger charge is 2.15. The highest BCUT2D eigenvalue weighted by atomic mass is 32.2. The molecule has 0 bridgehead atoms. The van der Waals surface area contributed by atoms with Gasteiger partial charge < -0.3 is 5.32 Å². The summed E-state index contributed by atoms with van der Waals surface area (Å²) in [7, 11) is 0. The van der Waals surface area contributed by atoms with Crippen LogP contribution in [0.3, 0.4) is 0 Å². The lowest BCUT2D eigenvalue weighted by Gasteiger charge is -2.09. The Labute approximate surface area is 163 Å². The molecule has 138 valence electrons. The van der Waals surface area contributed by atoms with Gasteiger partial charge in [-0.25, -0.2) is 0 Å². The zero-order chi connectivity index (χ0) is 19.2. The number of hydrogen-bond acceptors (Lipinski definition) is 4. The number of hydrogen-bond donors (Lipinski definition) is 1. The smallest absolute Gasteiger partial charge is 0.234 e. The van der Waals surface area contributed by atoms with Gasteiger partial charge in [0.05, 0.1) is 5.75 Å². The molecule has 3 rings (SSSR count). The van der Waals surface area contributed by atoms with E-state index < -0.39 is 0 Å². The van der Waals surface area contributed by atoms with Gasteiger partial charge in [-0.3, -0.25) is 9.36 Å². The topological polar surface area (TPSA) is 59.8 Å². The fourth-order valence-corrected chi connectivity index (χ4v) is 3.40. The first kappa shape index (κ1) is 18.9. The van der Waals surface area contributed by atoms with Gasteiger partial charge in [-0.15, -0.1) is 16.8 Å². The highest BCUT2D eigenvalue weighted by Crippen LogP contribution is 2.25. The van der Waals surface area contributed by atoms with Crippen molar-refractivity contribution in [1.82, 2.24) is 14.8 Å². The standard InChI is InChI=1S/C21H22N4OS/c1-4-12-25-20(17-7-5-6-16(3)13-17)23-24-21(25)27-14-19(26)22-18-10-8-15(2)9-11-18/h4-11,13H,1,12,14H2,2-3H3,(H,22,26). The van der Waals surface area contributed by atoms with Crippen molar-refractivity contribution >= 4 is 23.4 Å². The number of amides is 1. The summed E-state index contributed by atoms with van der Waals surface area (Å²) in [6, 6.07) is 15.9. The van der Waals surface area contributed by atoms with E-state index in [1.54, 1.807) is 6.08 Å². The Balaban J connectivity index is 1.72.